The Kier molecular flexibility index (Phi) is 3.19. The van der Waals surface area contributed by atoms with Crippen molar-refractivity contribution in [2.75, 3.05) is 19.7 Å². The fourth-order valence-electron chi connectivity index (χ4n) is 2.49. The zero-order valence-electron chi connectivity index (χ0n) is 10.7. The van der Waals surface area contributed by atoms with Gasteiger partial charge in [0.05, 0.1) is 17.6 Å². The third-order valence-electron chi connectivity index (χ3n) is 3.46. The van der Waals surface area contributed by atoms with E-state index in [2.05, 4.69) is 15.3 Å². The van der Waals surface area contributed by atoms with E-state index in [0.717, 1.165) is 42.3 Å². The molecule has 2 heterocycles. The number of imidazole rings is 1. The molecule has 0 radical (unpaired) electrons. The maximum Gasteiger partial charge on any atom is 0.121 e. The van der Waals surface area contributed by atoms with Gasteiger partial charge in [-0.25, -0.2) is 4.98 Å². The quantitative estimate of drug-likeness (QED) is 0.872. The largest absolute Gasteiger partial charge is 0.493 e. The minimum atomic E-state index is 0.637. The molecule has 4 nitrogen and oxygen atoms in total. The summed E-state index contributed by atoms with van der Waals surface area (Å²) < 4.78 is 5.88. The normalized spacial score (nSPS) is 20.2. The number of hydrogen-bond donors (Lipinski definition) is 2. The molecule has 1 aliphatic heterocycles. The molecule has 1 unspecified atom stereocenters. The van der Waals surface area contributed by atoms with Crippen molar-refractivity contribution in [3.63, 3.8) is 0 Å². The van der Waals surface area contributed by atoms with Crippen LogP contribution in [0.2, 0.25) is 0 Å². The van der Waals surface area contributed by atoms with Gasteiger partial charge in [-0.15, -0.1) is 0 Å². The molecule has 1 aromatic heterocycles. The van der Waals surface area contributed by atoms with Gasteiger partial charge in [-0.05, 0) is 38.4 Å². The molecule has 4 heteroatoms. The third kappa shape index (κ3) is 2.48. The number of H-pyrrole nitrogens is 1. The molecule has 18 heavy (non-hydrogen) atoms. The number of hydrogen-bond acceptors (Lipinski definition) is 3. The second-order valence-corrected chi connectivity index (χ2v) is 5.02. The first-order valence-corrected chi connectivity index (χ1v) is 6.61. The first-order chi connectivity index (χ1) is 8.81. The monoisotopic (exact) mass is 245 g/mol. The number of rotatable bonds is 3. The van der Waals surface area contributed by atoms with Gasteiger partial charge in [-0.2, -0.15) is 0 Å². The number of benzene rings is 1. The summed E-state index contributed by atoms with van der Waals surface area (Å²) >= 11 is 0. The Hall–Kier alpha value is -1.55. The van der Waals surface area contributed by atoms with Gasteiger partial charge in [-0.3, -0.25) is 0 Å². The highest BCUT2D eigenvalue weighted by Gasteiger charge is 2.13. The van der Waals surface area contributed by atoms with E-state index in [4.69, 9.17) is 4.74 Å². The van der Waals surface area contributed by atoms with Crippen LogP contribution < -0.4 is 10.1 Å². The molecule has 2 aromatic rings. The van der Waals surface area contributed by atoms with E-state index in [1.165, 1.54) is 12.8 Å². The van der Waals surface area contributed by atoms with Crippen LogP contribution in [0, 0.1) is 12.8 Å². The van der Waals surface area contributed by atoms with Gasteiger partial charge in [0.2, 0.25) is 0 Å². The van der Waals surface area contributed by atoms with Gasteiger partial charge in [0.15, 0.2) is 0 Å². The third-order valence-corrected chi connectivity index (χ3v) is 3.46. The van der Waals surface area contributed by atoms with Crippen LogP contribution in [0.4, 0.5) is 0 Å². The van der Waals surface area contributed by atoms with Crippen LogP contribution in [-0.2, 0) is 0 Å². The van der Waals surface area contributed by atoms with Crippen molar-refractivity contribution in [2.24, 2.45) is 5.92 Å². The van der Waals surface area contributed by atoms with E-state index >= 15 is 0 Å². The van der Waals surface area contributed by atoms with E-state index < -0.39 is 0 Å². The molecule has 1 aliphatic rings. The molecule has 0 spiro atoms. The molecule has 3 rings (SSSR count). The number of piperidine rings is 1. The van der Waals surface area contributed by atoms with Crippen LogP contribution in [0.5, 0.6) is 5.75 Å². The zero-order chi connectivity index (χ0) is 12.4. The summed E-state index contributed by atoms with van der Waals surface area (Å²) in [6.45, 7) is 4.99. The van der Waals surface area contributed by atoms with Crippen LogP contribution in [0.1, 0.15) is 18.7 Å². The Morgan fingerprint density at radius 1 is 1.44 bits per heavy atom. The smallest absolute Gasteiger partial charge is 0.121 e. The fraction of sp³-hybridized carbons (Fsp3) is 0.500. The number of nitrogens with one attached hydrogen (secondary N) is 2. The molecule has 1 saturated heterocycles. The van der Waals surface area contributed by atoms with Crippen molar-refractivity contribution in [1.29, 1.82) is 0 Å². The van der Waals surface area contributed by atoms with Crippen molar-refractivity contribution < 1.29 is 4.74 Å². The number of aryl methyl sites for hydroxylation is 1. The van der Waals surface area contributed by atoms with Crippen LogP contribution in [-0.4, -0.2) is 29.7 Å². The van der Waals surface area contributed by atoms with Gasteiger partial charge in [0, 0.05) is 18.5 Å². The first kappa shape index (κ1) is 11.5. The van der Waals surface area contributed by atoms with Gasteiger partial charge in [0.1, 0.15) is 11.6 Å². The predicted octanol–water partition coefficient (Wildman–Crippen LogP) is 2.25. The van der Waals surface area contributed by atoms with Crippen molar-refractivity contribution in [3.8, 4) is 5.75 Å². The second kappa shape index (κ2) is 4.98. The van der Waals surface area contributed by atoms with Crippen LogP contribution in [0.15, 0.2) is 18.2 Å². The Bertz CT molecular complexity index is 529. The first-order valence-electron chi connectivity index (χ1n) is 6.61. The number of aromatic amines is 1. The Morgan fingerprint density at radius 3 is 3.22 bits per heavy atom. The average Bonchev–Trinajstić information content (AvgIpc) is 2.77. The Morgan fingerprint density at radius 2 is 2.39 bits per heavy atom. The minimum Gasteiger partial charge on any atom is -0.493 e. The minimum absolute atomic E-state index is 0.637. The van der Waals surface area contributed by atoms with E-state index in [1.807, 2.05) is 25.1 Å². The van der Waals surface area contributed by atoms with Gasteiger partial charge >= 0.3 is 0 Å². The second-order valence-electron chi connectivity index (χ2n) is 5.02. The van der Waals surface area contributed by atoms with E-state index in [9.17, 15) is 0 Å². The molecular weight excluding hydrogens is 226 g/mol. The summed E-state index contributed by atoms with van der Waals surface area (Å²) in [6, 6.07) is 6.04. The summed E-state index contributed by atoms with van der Waals surface area (Å²) in [4.78, 5) is 7.62. The van der Waals surface area contributed by atoms with Crippen molar-refractivity contribution >= 4 is 11.0 Å². The molecule has 1 fully saturated rings. The Labute approximate surface area is 107 Å². The van der Waals surface area contributed by atoms with Crippen LogP contribution in [0.25, 0.3) is 11.0 Å². The maximum absolute atomic E-state index is 5.88. The van der Waals surface area contributed by atoms with Gasteiger partial charge in [-0.1, -0.05) is 0 Å². The van der Waals surface area contributed by atoms with Crippen molar-refractivity contribution in [2.45, 2.75) is 19.8 Å². The predicted molar refractivity (Wildman–Crippen MR) is 71.9 cm³/mol. The summed E-state index contributed by atoms with van der Waals surface area (Å²) in [5.41, 5.74) is 2.05. The van der Waals surface area contributed by atoms with E-state index in [1.54, 1.807) is 0 Å². The Balaban J connectivity index is 1.66. The molecule has 0 saturated carbocycles. The SMILES string of the molecule is Cc1nc2ccc(OCC3CCCNC3)cc2[nH]1. The lowest BCUT2D eigenvalue weighted by molar-refractivity contribution is 0.218. The molecule has 0 amide bonds. The number of fused-ring (bicyclic) bond motifs is 1. The summed E-state index contributed by atoms with van der Waals surface area (Å²) in [6.07, 6.45) is 2.52. The average molecular weight is 245 g/mol. The fourth-order valence-corrected chi connectivity index (χ4v) is 2.49. The molecule has 1 atom stereocenters. The van der Waals surface area contributed by atoms with E-state index in [-0.39, 0.29) is 0 Å². The molecule has 96 valence electrons. The van der Waals surface area contributed by atoms with Crippen LogP contribution >= 0.6 is 0 Å². The highest BCUT2D eigenvalue weighted by molar-refractivity contribution is 5.76. The number of ether oxygens (including phenoxy) is 1. The lowest BCUT2D eigenvalue weighted by atomic mass is 10.0. The maximum atomic E-state index is 5.88. The molecule has 1 aromatic carbocycles. The lowest BCUT2D eigenvalue weighted by Gasteiger charge is -2.22. The van der Waals surface area contributed by atoms with E-state index in [0.29, 0.717) is 5.92 Å². The number of aromatic nitrogens is 2. The topological polar surface area (TPSA) is 49.9 Å². The molecular formula is C14H19N3O. The summed E-state index contributed by atoms with van der Waals surface area (Å²) in [5, 5.41) is 3.41. The van der Waals surface area contributed by atoms with Crippen molar-refractivity contribution in [3.05, 3.63) is 24.0 Å². The highest BCUT2D eigenvalue weighted by atomic mass is 16.5. The summed E-state index contributed by atoms with van der Waals surface area (Å²) in [7, 11) is 0. The van der Waals surface area contributed by atoms with Crippen LogP contribution in [0.3, 0.4) is 0 Å². The molecule has 0 aliphatic carbocycles. The van der Waals surface area contributed by atoms with Gasteiger partial charge < -0.3 is 15.0 Å². The van der Waals surface area contributed by atoms with Crippen molar-refractivity contribution in [1.82, 2.24) is 15.3 Å². The number of nitrogens with zero attached hydrogens (tertiary/aromatic N) is 1. The van der Waals surface area contributed by atoms with Gasteiger partial charge in [0.25, 0.3) is 0 Å². The zero-order valence-corrected chi connectivity index (χ0v) is 10.7. The lowest BCUT2D eigenvalue weighted by Crippen LogP contribution is -2.33. The summed E-state index contributed by atoms with van der Waals surface area (Å²) in [5.74, 6) is 2.51. The standard InChI is InChI=1S/C14H19N3O/c1-10-16-13-5-4-12(7-14(13)17-10)18-9-11-3-2-6-15-8-11/h4-5,7,11,15H,2-3,6,8-9H2,1H3,(H,16,17). The highest BCUT2D eigenvalue weighted by Crippen LogP contribution is 2.20. The molecule has 0 bridgehead atoms. The molecule has 2 N–H and O–H groups in total.